The summed E-state index contributed by atoms with van der Waals surface area (Å²) < 4.78 is 0. The van der Waals surface area contributed by atoms with E-state index in [0.717, 1.165) is 6.54 Å². The van der Waals surface area contributed by atoms with Gasteiger partial charge in [0.15, 0.2) is 0 Å². The summed E-state index contributed by atoms with van der Waals surface area (Å²) in [5, 5.41) is 3.51. The lowest BCUT2D eigenvalue weighted by Gasteiger charge is -2.06. The summed E-state index contributed by atoms with van der Waals surface area (Å²) in [5.41, 5.74) is 1.26. The largest absolute Gasteiger partial charge is 0.385 e. The van der Waals surface area contributed by atoms with Gasteiger partial charge >= 0.3 is 0 Å². The zero-order valence-corrected chi connectivity index (χ0v) is 24.0. The molecule has 0 aliphatic carbocycles. The molecule has 1 aromatic rings. The second-order valence-electron chi connectivity index (χ2n) is 11.1. The maximum atomic E-state index is 3.51. The van der Waals surface area contributed by atoms with Crippen molar-refractivity contribution in [3.05, 3.63) is 30.3 Å². The summed E-state index contributed by atoms with van der Waals surface area (Å²) in [7, 11) is 0. The Labute approximate surface area is 221 Å². The van der Waals surface area contributed by atoms with Gasteiger partial charge in [-0.15, -0.1) is 0 Å². The summed E-state index contributed by atoms with van der Waals surface area (Å²) in [6.07, 6.45) is 37.9. The lowest BCUT2D eigenvalue weighted by molar-refractivity contribution is 0.515. The molecular weight excluding hydrogens is 422 g/mol. The van der Waals surface area contributed by atoms with Crippen molar-refractivity contribution in [2.24, 2.45) is 0 Å². The summed E-state index contributed by atoms with van der Waals surface area (Å²) >= 11 is 0. The molecule has 1 rings (SSSR count). The first-order valence-electron chi connectivity index (χ1n) is 16.2. The molecule has 1 nitrogen and oxygen atoms in total. The Balaban J connectivity index is 1.63. The van der Waals surface area contributed by atoms with E-state index < -0.39 is 0 Å². The summed E-state index contributed by atoms with van der Waals surface area (Å²) in [6, 6.07) is 10.6. The third-order valence-corrected chi connectivity index (χ3v) is 7.63. The normalized spacial score (nSPS) is 11.2. The van der Waals surface area contributed by atoms with Gasteiger partial charge in [0.05, 0.1) is 0 Å². The Morgan fingerprint density at radius 3 is 0.971 bits per heavy atom. The van der Waals surface area contributed by atoms with Crippen LogP contribution in [-0.2, 0) is 0 Å². The van der Waals surface area contributed by atoms with Gasteiger partial charge in [0, 0.05) is 12.2 Å². The number of unbranched alkanes of at least 4 members (excludes halogenated alkanes) is 25. The monoisotopic (exact) mass is 485 g/mol. The number of hydrogen-bond acceptors (Lipinski definition) is 1. The standard InChI is InChI=1S/C34H63N/c1-2-3-4-5-6-7-8-9-10-11-12-13-14-15-16-17-18-19-20-21-22-23-24-25-26-30-33-35-34-31-28-27-29-32-34/h27-29,31-32,35H,2-26,30,33H2,1H3. The molecule has 0 bridgehead atoms. The Morgan fingerprint density at radius 1 is 0.371 bits per heavy atom. The Bertz CT molecular complexity index is 497. The highest BCUT2D eigenvalue weighted by Crippen LogP contribution is 2.16. The van der Waals surface area contributed by atoms with Crippen LogP contribution in [0, 0.1) is 0 Å². The SMILES string of the molecule is CCCCCCCCCCCCCCCCCCCCCCCCCCCCNc1ccccc1. The van der Waals surface area contributed by atoms with Crippen molar-refractivity contribution in [3.8, 4) is 0 Å². The molecule has 1 heteroatoms. The van der Waals surface area contributed by atoms with Crippen molar-refractivity contribution < 1.29 is 0 Å². The fraction of sp³-hybridized carbons (Fsp3) is 0.824. The van der Waals surface area contributed by atoms with E-state index in [0.29, 0.717) is 0 Å². The second kappa shape index (κ2) is 27.6. The molecule has 0 aromatic heterocycles. The van der Waals surface area contributed by atoms with Crippen LogP contribution in [0.1, 0.15) is 174 Å². The van der Waals surface area contributed by atoms with E-state index in [1.165, 1.54) is 173 Å². The Kier molecular flexibility index (Phi) is 25.3. The highest BCUT2D eigenvalue weighted by molar-refractivity contribution is 5.42. The summed E-state index contributed by atoms with van der Waals surface area (Å²) in [6.45, 7) is 3.42. The van der Waals surface area contributed by atoms with Crippen LogP contribution in [-0.4, -0.2) is 6.54 Å². The fourth-order valence-corrected chi connectivity index (χ4v) is 5.23. The quantitative estimate of drug-likeness (QED) is 0.116. The lowest BCUT2D eigenvalue weighted by atomic mass is 10.0. The molecule has 0 spiro atoms. The first-order valence-corrected chi connectivity index (χ1v) is 16.2. The minimum Gasteiger partial charge on any atom is -0.385 e. The molecule has 0 unspecified atom stereocenters. The molecular formula is C34H63N. The van der Waals surface area contributed by atoms with Gasteiger partial charge in [0.25, 0.3) is 0 Å². The number of benzene rings is 1. The highest BCUT2D eigenvalue weighted by atomic mass is 14.9. The summed E-state index contributed by atoms with van der Waals surface area (Å²) in [4.78, 5) is 0. The van der Waals surface area contributed by atoms with Gasteiger partial charge in [-0.3, -0.25) is 0 Å². The van der Waals surface area contributed by atoms with Gasteiger partial charge in [-0.1, -0.05) is 186 Å². The predicted octanol–water partition coefficient (Wildman–Crippen LogP) is 12.3. The van der Waals surface area contributed by atoms with E-state index in [4.69, 9.17) is 0 Å². The van der Waals surface area contributed by atoms with Crippen LogP contribution in [0.15, 0.2) is 30.3 Å². The van der Waals surface area contributed by atoms with Crippen LogP contribution < -0.4 is 5.32 Å². The van der Waals surface area contributed by atoms with E-state index >= 15 is 0 Å². The minimum absolute atomic E-state index is 1.11. The first kappa shape index (κ1) is 32.0. The van der Waals surface area contributed by atoms with Gasteiger partial charge in [-0.25, -0.2) is 0 Å². The van der Waals surface area contributed by atoms with E-state index in [2.05, 4.69) is 42.6 Å². The number of rotatable bonds is 28. The topological polar surface area (TPSA) is 12.0 Å². The van der Waals surface area contributed by atoms with Crippen molar-refractivity contribution >= 4 is 5.69 Å². The molecule has 0 atom stereocenters. The van der Waals surface area contributed by atoms with Crippen LogP contribution in [0.4, 0.5) is 5.69 Å². The molecule has 0 saturated carbocycles. The van der Waals surface area contributed by atoms with Crippen molar-refractivity contribution in [2.45, 2.75) is 174 Å². The molecule has 0 heterocycles. The van der Waals surface area contributed by atoms with Crippen LogP contribution in [0.25, 0.3) is 0 Å². The van der Waals surface area contributed by atoms with Gasteiger partial charge in [-0.2, -0.15) is 0 Å². The van der Waals surface area contributed by atoms with Crippen LogP contribution in [0.2, 0.25) is 0 Å². The molecule has 0 amide bonds. The van der Waals surface area contributed by atoms with E-state index in [-0.39, 0.29) is 0 Å². The van der Waals surface area contributed by atoms with Crippen molar-refractivity contribution in [1.29, 1.82) is 0 Å². The van der Waals surface area contributed by atoms with Crippen molar-refractivity contribution in [1.82, 2.24) is 0 Å². The van der Waals surface area contributed by atoms with Crippen LogP contribution >= 0.6 is 0 Å². The Hall–Kier alpha value is -0.980. The summed E-state index contributed by atoms with van der Waals surface area (Å²) in [5.74, 6) is 0. The number of nitrogens with one attached hydrogen (secondary N) is 1. The maximum Gasteiger partial charge on any atom is 0.0340 e. The molecule has 0 aliphatic rings. The van der Waals surface area contributed by atoms with E-state index in [9.17, 15) is 0 Å². The first-order chi connectivity index (χ1) is 17.4. The molecule has 1 aromatic carbocycles. The zero-order chi connectivity index (χ0) is 24.9. The lowest BCUT2D eigenvalue weighted by Crippen LogP contribution is -2.00. The van der Waals surface area contributed by atoms with Gasteiger partial charge < -0.3 is 5.32 Å². The fourth-order valence-electron chi connectivity index (χ4n) is 5.23. The number of para-hydroxylation sites is 1. The molecule has 1 N–H and O–H groups in total. The van der Waals surface area contributed by atoms with Crippen LogP contribution in [0.5, 0.6) is 0 Å². The average Bonchev–Trinajstić information content (AvgIpc) is 2.89. The van der Waals surface area contributed by atoms with Gasteiger partial charge in [0.2, 0.25) is 0 Å². The molecule has 0 saturated heterocycles. The zero-order valence-electron chi connectivity index (χ0n) is 24.0. The number of hydrogen-bond donors (Lipinski definition) is 1. The average molecular weight is 486 g/mol. The minimum atomic E-state index is 1.11. The molecule has 35 heavy (non-hydrogen) atoms. The van der Waals surface area contributed by atoms with E-state index in [1.54, 1.807) is 0 Å². The second-order valence-corrected chi connectivity index (χ2v) is 11.1. The Morgan fingerprint density at radius 2 is 0.657 bits per heavy atom. The van der Waals surface area contributed by atoms with Gasteiger partial charge in [-0.05, 0) is 18.6 Å². The van der Waals surface area contributed by atoms with Crippen LogP contribution in [0.3, 0.4) is 0 Å². The molecule has 0 aliphatic heterocycles. The van der Waals surface area contributed by atoms with Gasteiger partial charge in [0.1, 0.15) is 0 Å². The van der Waals surface area contributed by atoms with Crippen molar-refractivity contribution in [3.63, 3.8) is 0 Å². The molecule has 204 valence electrons. The third kappa shape index (κ3) is 24.5. The highest BCUT2D eigenvalue weighted by Gasteiger charge is 1.96. The predicted molar refractivity (Wildman–Crippen MR) is 161 cm³/mol. The maximum absolute atomic E-state index is 3.51. The molecule has 0 fully saturated rings. The van der Waals surface area contributed by atoms with Crippen molar-refractivity contribution in [2.75, 3.05) is 11.9 Å². The third-order valence-electron chi connectivity index (χ3n) is 7.63. The van der Waals surface area contributed by atoms with E-state index in [1.807, 2.05) is 0 Å². The number of anilines is 1. The molecule has 0 radical (unpaired) electrons. The smallest absolute Gasteiger partial charge is 0.0340 e.